The number of hydrogen-bond donors (Lipinski definition) is 0. The molecular formula is C18H32FN. The van der Waals surface area contributed by atoms with E-state index in [1.807, 2.05) is 0 Å². The Morgan fingerprint density at radius 1 is 0.750 bits per heavy atom. The zero-order chi connectivity index (χ0) is 13.8. The zero-order valence-corrected chi connectivity index (χ0v) is 13.4. The standard InChI is InChI=1S/C18H32N.FH/c1-3-5-6-7-8-9-10-11-12-15-19-16-13-18(4-2)14-17-19;/h13-14,16-17H,3-12,15H2,1-2H3;1H/q+1;/p-1. The SMILES string of the molecule is CCCCCCCCCCC[n+]1ccc(CC)cc1.[F-]. The van der Waals surface area contributed by atoms with Crippen LogP contribution in [0.4, 0.5) is 0 Å². The van der Waals surface area contributed by atoms with Crippen LogP contribution in [0.1, 0.15) is 77.2 Å². The number of halogens is 1. The van der Waals surface area contributed by atoms with E-state index < -0.39 is 0 Å². The summed E-state index contributed by atoms with van der Waals surface area (Å²) < 4.78 is 2.32. The van der Waals surface area contributed by atoms with Crippen LogP contribution in [0.15, 0.2) is 24.5 Å². The zero-order valence-electron chi connectivity index (χ0n) is 13.4. The van der Waals surface area contributed by atoms with Crippen LogP contribution in [0.5, 0.6) is 0 Å². The van der Waals surface area contributed by atoms with E-state index in [4.69, 9.17) is 0 Å². The number of nitrogens with zero attached hydrogens (tertiary/aromatic N) is 1. The van der Waals surface area contributed by atoms with Crippen molar-refractivity contribution in [2.24, 2.45) is 0 Å². The van der Waals surface area contributed by atoms with E-state index in [1.54, 1.807) is 0 Å². The lowest BCUT2D eigenvalue weighted by Crippen LogP contribution is -3.00. The number of unbranched alkanes of at least 4 members (excludes halogenated alkanes) is 8. The molecule has 0 aliphatic heterocycles. The third kappa shape index (κ3) is 9.06. The van der Waals surface area contributed by atoms with Crippen molar-refractivity contribution in [3.8, 4) is 0 Å². The van der Waals surface area contributed by atoms with Gasteiger partial charge in [0.2, 0.25) is 0 Å². The summed E-state index contributed by atoms with van der Waals surface area (Å²) in [4.78, 5) is 0. The molecule has 1 nitrogen and oxygen atoms in total. The van der Waals surface area contributed by atoms with Gasteiger partial charge in [0.25, 0.3) is 0 Å². The Morgan fingerprint density at radius 3 is 1.75 bits per heavy atom. The van der Waals surface area contributed by atoms with Gasteiger partial charge in [-0.2, -0.15) is 0 Å². The van der Waals surface area contributed by atoms with E-state index >= 15 is 0 Å². The molecule has 1 heterocycles. The lowest BCUT2D eigenvalue weighted by molar-refractivity contribution is -0.697. The van der Waals surface area contributed by atoms with Crippen molar-refractivity contribution >= 4 is 0 Å². The normalized spacial score (nSPS) is 10.3. The predicted octanol–water partition coefficient (Wildman–Crippen LogP) is 2.07. The van der Waals surface area contributed by atoms with Crippen molar-refractivity contribution in [3.05, 3.63) is 30.1 Å². The van der Waals surface area contributed by atoms with Crippen LogP contribution < -0.4 is 9.27 Å². The third-order valence-electron chi connectivity index (χ3n) is 3.89. The monoisotopic (exact) mass is 281 g/mol. The fourth-order valence-electron chi connectivity index (χ4n) is 2.48. The molecule has 0 saturated carbocycles. The summed E-state index contributed by atoms with van der Waals surface area (Å²) in [6, 6.07) is 4.49. The molecule has 1 rings (SSSR count). The molecule has 0 aliphatic rings. The van der Waals surface area contributed by atoms with Gasteiger partial charge in [0.05, 0.1) is 0 Å². The van der Waals surface area contributed by atoms with Gasteiger partial charge in [-0.05, 0) is 18.4 Å². The highest BCUT2D eigenvalue weighted by molar-refractivity contribution is 5.06. The average molecular weight is 281 g/mol. The van der Waals surface area contributed by atoms with Crippen LogP contribution in [0, 0.1) is 0 Å². The van der Waals surface area contributed by atoms with Gasteiger partial charge in [-0.25, -0.2) is 4.57 Å². The Labute approximate surface area is 124 Å². The molecule has 0 unspecified atom stereocenters. The average Bonchev–Trinajstić information content (AvgIpc) is 2.46. The first-order valence-electron chi connectivity index (χ1n) is 8.34. The minimum absolute atomic E-state index is 0. The van der Waals surface area contributed by atoms with Gasteiger partial charge in [0.1, 0.15) is 6.54 Å². The van der Waals surface area contributed by atoms with E-state index in [1.165, 1.54) is 69.9 Å². The molecule has 0 aliphatic carbocycles. The van der Waals surface area contributed by atoms with Gasteiger partial charge in [-0.3, -0.25) is 0 Å². The molecule has 0 saturated heterocycles. The Kier molecular flexibility index (Phi) is 12.5. The first-order chi connectivity index (χ1) is 9.36. The van der Waals surface area contributed by atoms with Crippen molar-refractivity contribution in [2.75, 3.05) is 0 Å². The third-order valence-corrected chi connectivity index (χ3v) is 3.89. The second kappa shape index (κ2) is 13.1. The van der Waals surface area contributed by atoms with E-state index in [2.05, 4.69) is 42.9 Å². The minimum Gasteiger partial charge on any atom is -1.00 e. The summed E-state index contributed by atoms with van der Waals surface area (Å²) in [5, 5.41) is 0. The van der Waals surface area contributed by atoms with Crippen molar-refractivity contribution in [1.29, 1.82) is 0 Å². The molecule has 116 valence electrons. The van der Waals surface area contributed by atoms with Crippen LogP contribution in [0.3, 0.4) is 0 Å². The van der Waals surface area contributed by atoms with Crippen molar-refractivity contribution in [1.82, 2.24) is 0 Å². The topological polar surface area (TPSA) is 3.88 Å². The number of aryl methyl sites for hydroxylation is 2. The molecule has 0 spiro atoms. The number of rotatable bonds is 11. The number of hydrogen-bond acceptors (Lipinski definition) is 0. The lowest BCUT2D eigenvalue weighted by atomic mass is 10.1. The molecule has 0 amide bonds. The van der Waals surface area contributed by atoms with Crippen LogP contribution in [-0.4, -0.2) is 0 Å². The highest BCUT2D eigenvalue weighted by atomic mass is 19.0. The Bertz CT molecular complexity index is 308. The van der Waals surface area contributed by atoms with Gasteiger partial charge in [0, 0.05) is 18.6 Å². The minimum atomic E-state index is 0. The fraction of sp³-hybridized carbons (Fsp3) is 0.722. The number of aromatic nitrogens is 1. The predicted molar refractivity (Wildman–Crippen MR) is 83.2 cm³/mol. The molecule has 0 aromatic carbocycles. The van der Waals surface area contributed by atoms with Crippen LogP contribution >= 0.6 is 0 Å². The second-order valence-corrected chi connectivity index (χ2v) is 5.63. The van der Waals surface area contributed by atoms with Gasteiger partial charge in [0.15, 0.2) is 12.4 Å². The maximum atomic E-state index is 2.32. The van der Waals surface area contributed by atoms with E-state index in [9.17, 15) is 0 Å². The summed E-state index contributed by atoms with van der Waals surface area (Å²) in [6.45, 7) is 5.67. The van der Waals surface area contributed by atoms with E-state index in [0.29, 0.717) is 0 Å². The molecular weight excluding hydrogens is 249 g/mol. The van der Waals surface area contributed by atoms with E-state index in [-0.39, 0.29) is 4.70 Å². The summed E-state index contributed by atoms with van der Waals surface area (Å²) in [7, 11) is 0. The smallest absolute Gasteiger partial charge is 0.169 e. The lowest BCUT2D eigenvalue weighted by Gasteiger charge is -2.01. The Morgan fingerprint density at radius 2 is 1.25 bits per heavy atom. The molecule has 0 fully saturated rings. The molecule has 2 heteroatoms. The van der Waals surface area contributed by atoms with Crippen LogP contribution in [0.2, 0.25) is 0 Å². The second-order valence-electron chi connectivity index (χ2n) is 5.63. The summed E-state index contributed by atoms with van der Waals surface area (Å²) >= 11 is 0. The first-order valence-corrected chi connectivity index (χ1v) is 8.34. The van der Waals surface area contributed by atoms with Gasteiger partial charge >= 0.3 is 0 Å². The Balaban J connectivity index is 0.00000361. The quantitative estimate of drug-likeness (QED) is 0.432. The summed E-state index contributed by atoms with van der Waals surface area (Å²) in [6.07, 6.45) is 18.3. The Hall–Kier alpha value is -0.920. The maximum absolute atomic E-state index is 2.32. The highest BCUT2D eigenvalue weighted by Gasteiger charge is 2.00. The van der Waals surface area contributed by atoms with Crippen molar-refractivity contribution in [2.45, 2.75) is 84.6 Å². The fourth-order valence-corrected chi connectivity index (χ4v) is 2.48. The molecule has 0 atom stereocenters. The van der Waals surface area contributed by atoms with Gasteiger partial charge in [-0.15, -0.1) is 0 Å². The van der Waals surface area contributed by atoms with Gasteiger partial charge in [-0.1, -0.05) is 58.8 Å². The van der Waals surface area contributed by atoms with Crippen LogP contribution in [0.25, 0.3) is 0 Å². The molecule has 0 bridgehead atoms. The van der Waals surface area contributed by atoms with Crippen LogP contribution in [-0.2, 0) is 13.0 Å². The molecule has 1 aromatic rings. The van der Waals surface area contributed by atoms with Crippen molar-refractivity contribution in [3.63, 3.8) is 0 Å². The molecule has 20 heavy (non-hydrogen) atoms. The van der Waals surface area contributed by atoms with E-state index in [0.717, 1.165) is 6.42 Å². The number of pyridine rings is 1. The maximum Gasteiger partial charge on any atom is 0.169 e. The summed E-state index contributed by atoms with van der Waals surface area (Å²) in [5.74, 6) is 0. The highest BCUT2D eigenvalue weighted by Crippen LogP contribution is 2.09. The first kappa shape index (κ1) is 19.1. The molecule has 0 N–H and O–H groups in total. The molecule has 1 aromatic heterocycles. The van der Waals surface area contributed by atoms with Gasteiger partial charge < -0.3 is 4.70 Å². The summed E-state index contributed by atoms with van der Waals surface area (Å²) in [5.41, 5.74) is 1.43. The largest absolute Gasteiger partial charge is 1.00 e. The van der Waals surface area contributed by atoms with Crippen molar-refractivity contribution < 1.29 is 9.27 Å². The molecule has 0 radical (unpaired) electrons.